The van der Waals surface area contributed by atoms with Crippen molar-refractivity contribution >= 4 is 32.7 Å². The number of halogens is 1. The first-order valence-corrected chi connectivity index (χ1v) is 9.87. The zero-order valence-corrected chi connectivity index (χ0v) is 15.8. The van der Waals surface area contributed by atoms with Gasteiger partial charge in [-0.1, -0.05) is 23.8 Å². The van der Waals surface area contributed by atoms with Crippen LogP contribution in [-0.2, 0) is 17.1 Å². The summed E-state index contributed by atoms with van der Waals surface area (Å²) in [5.41, 5.74) is 1.19. The standard InChI is InChI=1S/C18H17ClN4O2S/c1-18(7-5-15(19)10-16(18)14-11-21-22(2)12-14)26(24,25)23-9-6-13-4-3-8-20-17(13)23/h3-12,16H,1-2H3. The van der Waals surface area contributed by atoms with E-state index in [-0.39, 0.29) is 0 Å². The van der Waals surface area contributed by atoms with Gasteiger partial charge in [-0.05, 0) is 36.8 Å². The van der Waals surface area contributed by atoms with Crippen LogP contribution in [0.1, 0.15) is 18.4 Å². The predicted molar refractivity (Wildman–Crippen MR) is 101 cm³/mol. The van der Waals surface area contributed by atoms with Crippen molar-refractivity contribution in [3.63, 3.8) is 0 Å². The summed E-state index contributed by atoms with van der Waals surface area (Å²) in [5.74, 6) is -0.472. The largest absolute Gasteiger partial charge is 0.276 e. The Balaban J connectivity index is 1.92. The number of nitrogens with zero attached hydrogens (tertiary/aromatic N) is 4. The Bertz CT molecular complexity index is 1160. The number of pyridine rings is 1. The summed E-state index contributed by atoms with van der Waals surface area (Å²) < 4.78 is 29.0. The summed E-state index contributed by atoms with van der Waals surface area (Å²) in [5, 5.41) is 5.45. The highest BCUT2D eigenvalue weighted by atomic mass is 35.5. The molecule has 26 heavy (non-hydrogen) atoms. The Labute approximate surface area is 156 Å². The average Bonchev–Trinajstić information content (AvgIpc) is 3.23. The fourth-order valence-electron chi connectivity index (χ4n) is 3.35. The molecule has 0 aliphatic heterocycles. The fourth-order valence-corrected chi connectivity index (χ4v) is 5.33. The summed E-state index contributed by atoms with van der Waals surface area (Å²) in [7, 11) is -2.03. The number of hydrogen-bond acceptors (Lipinski definition) is 4. The Kier molecular flexibility index (Phi) is 3.82. The van der Waals surface area contributed by atoms with Gasteiger partial charge in [0.1, 0.15) is 4.75 Å². The first kappa shape index (κ1) is 17.1. The van der Waals surface area contributed by atoms with Crippen molar-refractivity contribution in [3.05, 3.63) is 71.8 Å². The molecule has 1 aliphatic rings. The number of aromatic nitrogens is 4. The SMILES string of the molecule is Cn1cc(C2C=C(Cl)C=CC2(C)S(=O)(=O)n2ccc3cccnc32)cn1. The molecule has 0 amide bonds. The molecule has 0 bridgehead atoms. The van der Waals surface area contributed by atoms with Crippen LogP contribution >= 0.6 is 11.6 Å². The van der Waals surface area contributed by atoms with E-state index in [0.717, 1.165) is 10.9 Å². The fraction of sp³-hybridized carbons (Fsp3) is 0.222. The Morgan fingerprint density at radius 2 is 2.12 bits per heavy atom. The van der Waals surface area contributed by atoms with E-state index in [0.29, 0.717) is 10.7 Å². The van der Waals surface area contributed by atoms with Crippen LogP contribution in [0.15, 0.2) is 66.2 Å². The van der Waals surface area contributed by atoms with E-state index in [1.54, 1.807) is 67.6 Å². The van der Waals surface area contributed by atoms with Crippen molar-refractivity contribution in [3.8, 4) is 0 Å². The van der Waals surface area contributed by atoms with Crippen molar-refractivity contribution in [1.29, 1.82) is 0 Å². The zero-order chi connectivity index (χ0) is 18.5. The van der Waals surface area contributed by atoms with Gasteiger partial charge in [0.05, 0.1) is 6.20 Å². The van der Waals surface area contributed by atoms with Gasteiger partial charge < -0.3 is 0 Å². The van der Waals surface area contributed by atoms with Gasteiger partial charge in [0, 0.05) is 42.0 Å². The molecule has 8 heteroatoms. The van der Waals surface area contributed by atoms with Gasteiger partial charge in [0.25, 0.3) is 0 Å². The van der Waals surface area contributed by atoms with Crippen LogP contribution in [0.5, 0.6) is 0 Å². The van der Waals surface area contributed by atoms with Gasteiger partial charge in [-0.25, -0.2) is 17.4 Å². The quantitative estimate of drug-likeness (QED) is 0.691. The monoisotopic (exact) mass is 388 g/mol. The van der Waals surface area contributed by atoms with Crippen LogP contribution in [0.2, 0.25) is 0 Å². The highest BCUT2D eigenvalue weighted by Gasteiger charge is 2.47. The highest BCUT2D eigenvalue weighted by Crippen LogP contribution is 2.43. The lowest BCUT2D eigenvalue weighted by atomic mass is 9.85. The van der Waals surface area contributed by atoms with Crippen LogP contribution in [0.4, 0.5) is 0 Å². The summed E-state index contributed by atoms with van der Waals surface area (Å²) in [6, 6.07) is 5.36. The van der Waals surface area contributed by atoms with E-state index in [9.17, 15) is 8.42 Å². The molecule has 3 aromatic heterocycles. The molecular weight excluding hydrogens is 372 g/mol. The normalized spacial score (nSPS) is 23.3. The van der Waals surface area contributed by atoms with Crippen molar-refractivity contribution < 1.29 is 8.42 Å². The van der Waals surface area contributed by atoms with E-state index >= 15 is 0 Å². The molecule has 6 nitrogen and oxygen atoms in total. The van der Waals surface area contributed by atoms with Gasteiger partial charge in [-0.3, -0.25) is 4.68 Å². The van der Waals surface area contributed by atoms with E-state index in [4.69, 9.17) is 11.6 Å². The predicted octanol–water partition coefficient (Wildman–Crippen LogP) is 3.18. The molecule has 4 rings (SSSR count). The summed E-state index contributed by atoms with van der Waals surface area (Å²) in [6.07, 6.45) is 11.7. The first-order chi connectivity index (χ1) is 12.3. The lowest BCUT2D eigenvalue weighted by Crippen LogP contribution is -2.43. The lowest BCUT2D eigenvalue weighted by molar-refractivity contribution is 0.536. The van der Waals surface area contributed by atoms with E-state index < -0.39 is 20.7 Å². The smallest absolute Gasteiger partial charge is 0.250 e. The second-order valence-electron chi connectivity index (χ2n) is 6.53. The van der Waals surface area contributed by atoms with Crippen LogP contribution in [0.25, 0.3) is 11.0 Å². The minimum Gasteiger partial charge on any atom is -0.276 e. The van der Waals surface area contributed by atoms with Gasteiger partial charge >= 0.3 is 0 Å². The molecule has 134 valence electrons. The second-order valence-corrected chi connectivity index (χ2v) is 9.19. The minimum absolute atomic E-state index is 0.410. The molecule has 2 unspecified atom stereocenters. The van der Waals surface area contributed by atoms with Gasteiger partial charge in [0.2, 0.25) is 10.0 Å². The number of allylic oxidation sites excluding steroid dienone is 3. The molecule has 3 aromatic rings. The maximum absolute atomic E-state index is 13.7. The van der Waals surface area contributed by atoms with Crippen LogP contribution in [-0.4, -0.2) is 31.9 Å². The summed E-state index contributed by atoms with van der Waals surface area (Å²) in [4.78, 5) is 4.25. The molecule has 0 aromatic carbocycles. The van der Waals surface area contributed by atoms with Gasteiger partial charge in [0.15, 0.2) is 5.65 Å². The summed E-state index contributed by atoms with van der Waals surface area (Å²) >= 11 is 6.20. The molecule has 0 saturated carbocycles. The maximum atomic E-state index is 13.7. The van der Waals surface area contributed by atoms with Crippen LogP contribution < -0.4 is 0 Å². The van der Waals surface area contributed by atoms with Gasteiger partial charge in [-0.2, -0.15) is 5.10 Å². The topological polar surface area (TPSA) is 69.8 Å². The molecule has 3 heterocycles. The third-order valence-corrected chi connectivity index (χ3v) is 7.40. The number of rotatable bonds is 3. The third kappa shape index (κ3) is 2.42. The zero-order valence-electron chi connectivity index (χ0n) is 14.2. The molecule has 0 saturated heterocycles. The van der Waals surface area contributed by atoms with Crippen molar-refractivity contribution in [2.24, 2.45) is 7.05 Å². The van der Waals surface area contributed by atoms with E-state index in [1.807, 2.05) is 12.3 Å². The molecule has 0 radical (unpaired) electrons. The molecule has 2 atom stereocenters. The van der Waals surface area contributed by atoms with Crippen molar-refractivity contribution in [1.82, 2.24) is 18.7 Å². The Morgan fingerprint density at radius 3 is 2.85 bits per heavy atom. The lowest BCUT2D eigenvalue weighted by Gasteiger charge is -2.35. The van der Waals surface area contributed by atoms with Gasteiger partial charge in [-0.15, -0.1) is 0 Å². The van der Waals surface area contributed by atoms with E-state index in [1.165, 1.54) is 3.97 Å². The highest BCUT2D eigenvalue weighted by molar-refractivity contribution is 7.91. The molecule has 0 spiro atoms. The Morgan fingerprint density at radius 1 is 1.31 bits per heavy atom. The summed E-state index contributed by atoms with van der Waals surface area (Å²) in [6.45, 7) is 1.70. The first-order valence-electron chi connectivity index (χ1n) is 8.05. The molecule has 0 fully saturated rings. The van der Waals surface area contributed by atoms with Crippen molar-refractivity contribution in [2.75, 3.05) is 0 Å². The van der Waals surface area contributed by atoms with Crippen molar-refractivity contribution in [2.45, 2.75) is 17.6 Å². The Hall–Kier alpha value is -2.38. The number of fused-ring (bicyclic) bond motifs is 1. The minimum atomic E-state index is -3.83. The second kappa shape index (κ2) is 5.82. The average molecular weight is 389 g/mol. The van der Waals surface area contributed by atoms with E-state index in [2.05, 4.69) is 10.1 Å². The van der Waals surface area contributed by atoms with Crippen LogP contribution in [0, 0.1) is 0 Å². The van der Waals surface area contributed by atoms with Crippen LogP contribution in [0.3, 0.4) is 0 Å². The number of aryl methyl sites for hydroxylation is 1. The number of hydrogen-bond donors (Lipinski definition) is 0. The molecular formula is C18H17ClN4O2S. The molecule has 0 N–H and O–H groups in total. The maximum Gasteiger partial charge on any atom is 0.250 e. The molecule has 1 aliphatic carbocycles. The third-order valence-electron chi connectivity index (χ3n) is 4.83.